The largest absolute Gasteiger partial charge is 0.378 e. The zero-order valence-electron chi connectivity index (χ0n) is 12.0. The molecular formula is C15H31NO. The lowest BCUT2D eigenvalue weighted by atomic mass is 9.90. The van der Waals surface area contributed by atoms with Crippen molar-refractivity contribution in [2.24, 2.45) is 5.92 Å². The van der Waals surface area contributed by atoms with Gasteiger partial charge < -0.3 is 10.1 Å². The quantitative estimate of drug-likeness (QED) is 0.664. The van der Waals surface area contributed by atoms with Crippen LogP contribution < -0.4 is 5.32 Å². The molecule has 2 heteroatoms. The molecule has 1 saturated heterocycles. The Bertz CT molecular complexity index is 174. The van der Waals surface area contributed by atoms with Crippen LogP contribution in [0.1, 0.15) is 65.7 Å². The van der Waals surface area contributed by atoms with Gasteiger partial charge in [-0.25, -0.2) is 0 Å². The molecule has 0 amide bonds. The van der Waals surface area contributed by atoms with Crippen LogP contribution in [-0.4, -0.2) is 25.3 Å². The molecule has 1 heterocycles. The maximum absolute atomic E-state index is 5.69. The fourth-order valence-electron chi connectivity index (χ4n) is 3.06. The Morgan fingerprint density at radius 2 is 2.00 bits per heavy atom. The molecule has 0 aromatic heterocycles. The lowest BCUT2D eigenvalue weighted by Gasteiger charge is -2.26. The number of rotatable bonds is 9. The topological polar surface area (TPSA) is 21.3 Å². The van der Waals surface area contributed by atoms with Crippen LogP contribution in [0.25, 0.3) is 0 Å². The lowest BCUT2D eigenvalue weighted by molar-refractivity contribution is 0.100. The maximum Gasteiger partial charge on any atom is 0.0576 e. The van der Waals surface area contributed by atoms with E-state index >= 15 is 0 Å². The van der Waals surface area contributed by atoms with E-state index in [9.17, 15) is 0 Å². The summed E-state index contributed by atoms with van der Waals surface area (Å²) in [6.07, 6.45) is 9.63. The SMILES string of the molecule is CCNC(CCCC1CCCO1)C(CC)CC. The van der Waals surface area contributed by atoms with Crippen molar-refractivity contribution in [3.05, 3.63) is 0 Å². The zero-order valence-corrected chi connectivity index (χ0v) is 12.0. The van der Waals surface area contributed by atoms with Crippen molar-refractivity contribution in [3.63, 3.8) is 0 Å². The molecule has 0 aromatic rings. The van der Waals surface area contributed by atoms with Crippen molar-refractivity contribution in [1.29, 1.82) is 0 Å². The van der Waals surface area contributed by atoms with Gasteiger partial charge in [-0.3, -0.25) is 0 Å². The fraction of sp³-hybridized carbons (Fsp3) is 1.00. The van der Waals surface area contributed by atoms with E-state index in [1.54, 1.807) is 0 Å². The van der Waals surface area contributed by atoms with Crippen LogP contribution in [0.5, 0.6) is 0 Å². The first-order valence-corrected chi connectivity index (χ1v) is 7.66. The van der Waals surface area contributed by atoms with E-state index in [4.69, 9.17) is 4.74 Å². The van der Waals surface area contributed by atoms with Crippen LogP contribution in [0.4, 0.5) is 0 Å². The van der Waals surface area contributed by atoms with Gasteiger partial charge in [0.1, 0.15) is 0 Å². The van der Waals surface area contributed by atoms with Crippen LogP contribution >= 0.6 is 0 Å². The predicted molar refractivity (Wildman–Crippen MR) is 74.4 cm³/mol. The first-order valence-electron chi connectivity index (χ1n) is 7.66. The highest BCUT2D eigenvalue weighted by Crippen LogP contribution is 2.22. The molecule has 0 aliphatic carbocycles. The summed E-state index contributed by atoms with van der Waals surface area (Å²) < 4.78 is 5.69. The van der Waals surface area contributed by atoms with Crippen molar-refractivity contribution in [2.45, 2.75) is 77.9 Å². The van der Waals surface area contributed by atoms with Crippen LogP contribution in [0, 0.1) is 5.92 Å². The standard InChI is InChI=1S/C15H31NO/c1-4-13(5-2)15(16-6-3)11-7-9-14-10-8-12-17-14/h13-16H,4-12H2,1-3H3. The van der Waals surface area contributed by atoms with Gasteiger partial charge in [-0.1, -0.05) is 33.6 Å². The maximum atomic E-state index is 5.69. The van der Waals surface area contributed by atoms with Gasteiger partial charge in [0.25, 0.3) is 0 Å². The summed E-state index contributed by atoms with van der Waals surface area (Å²) in [6, 6.07) is 0.719. The summed E-state index contributed by atoms with van der Waals surface area (Å²) >= 11 is 0. The lowest BCUT2D eigenvalue weighted by Crippen LogP contribution is -2.35. The monoisotopic (exact) mass is 241 g/mol. The molecule has 102 valence electrons. The van der Waals surface area contributed by atoms with E-state index in [0.29, 0.717) is 6.10 Å². The summed E-state index contributed by atoms with van der Waals surface area (Å²) in [7, 11) is 0. The van der Waals surface area contributed by atoms with Crippen molar-refractivity contribution < 1.29 is 4.74 Å². The Labute approximate surface area is 108 Å². The molecule has 0 spiro atoms. The summed E-state index contributed by atoms with van der Waals surface area (Å²) in [4.78, 5) is 0. The third kappa shape index (κ3) is 5.39. The van der Waals surface area contributed by atoms with E-state index < -0.39 is 0 Å². The minimum atomic E-state index is 0.568. The van der Waals surface area contributed by atoms with Gasteiger partial charge in [0.2, 0.25) is 0 Å². The first kappa shape index (κ1) is 15.0. The van der Waals surface area contributed by atoms with Crippen molar-refractivity contribution >= 4 is 0 Å². The third-order valence-electron chi connectivity index (χ3n) is 4.15. The average Bonchev–Trinajstić information content (AvgIpc) is 2.83. The summed E-state index contributed by atoms with van der Waals surface area (Å²) in [5.41, 5.74) is 0. The fourth-order valence-corrected chi connectivity index (χ4v) is 3.06. The molecule has 2 nitrogen and oxygen atoms in total. The number of hydrogen-bond donors (Lipinski definition) is 1. The second-order valence-electron chi connectivity index (χ2n) is 5.31. The highest BCUT2D eigenvalue weighted by Gasteiger charge is 2.19. The van der Waals surface area contributed by atoms with Gasteiger partial charge in [-0.2, -0.15) is 0 Å². The molecule has 0 bridgehead atoms. The van der Waals surface area contributed by atoms with Gasteiger partial charge in [0.15, 0.2) is 0 Å². The number of ether oxygens (including phenoxy) is 1. The molecule has 17 heavy (non-hydrogen) atoms. The number of hydrogen-bond acceptors (Lipinski definition) is 2. The van der Waals surface area contributed by atoms with E-state index in [-0.39, 0.29) is 0 Å². The molecule has 2 unspecified atom stereocenters. The normalized spacial score (nSPS) is 22.2. The highest BCUT2D eigenvalue weighted by molar-refractivity contribution is 4.75. The van der Waals surface area contributed by atoms with Crippen molar-refractivity contribution in [2.75, 3.05) is 13.2 Å². The van der Waals surface area contributed by atoms with E-state index in [1.165, 1.54) is 44.9 Å². The van der Waals surface area contributed by atoms with Gasteiger partial charge in [0, 0.05) is 12.6 Å². The van der Waals surface area contributed by atoms with Crippen molar-refractivity contribution in [1.82, 2.24) is 5.32 Å². The molecular weight excluding hydrogens is 210 g/mol. The third-order valence-corrected chi connectivity index (χ3v) is 4.15. The number of nitrogens with one attached hydrogen (secondary N) is 1. The van der Waals surface area contributed by atoms with Crippen LogP contribution in [0.2, 0.25) is 0 Å². The predicted octanol–water partition coefficient (Wildman–Crippen LogP) is 3.75. The Morgan fingerprint density at radius 3 is 2.53 bits per heavy atom. The Balaban J connectivity index is 2.22. The molecule has 0 saturated carbocycles. The van der Waals surface area contributed by atoms with Crippen molar-refractivity contribution in [3.8, 4) is 0 Å². The van der Waals surface area contributed by atoms with E-state index in [1.807, 2.05) is 0 Å². The first-order chi connectivity index (χ1) is 8.31. The minimum Gasteiger partial charge on any atom is -0.378 e. The van der Waals surface area contributed by atoms with E-state index in [0.717, 1.165) is 25.1 Å². The van der Waals surface area contributed by atoms with Crippen LogP contribution in [-0.2, 0) is 4.74 Å². The van der Waals surface area contributed by atoms with Gasteiger partial charge >= 0.3 is 0 Å². The van der Waals surface area contributed by atoms with Crippen LogP contribution in [0.3, 0.4) is 0 Å². The Morgan fingerprint density at radius 1 is 1.24 bits per heavy atom. The smallest absolute Gasteiger partial charge is 0.0576 e. The second-order valence-corrected chi connectivity index (χ2v) is 5.31. The molecule has 1 aliphatic heterocycles. The molecule has 1 rings (SSSR count). The molecule has 0 radical (unpaired) electrons. The summed E-state index contributed by atoms with van der Waals surface area (Å²) in [5, 5.41) is 3.67. The molecule has 1 fully saturated rings. The minimum absolute atomic E-state index is 0.568. The summed E-state index contributed by atoms with van der Waals surface area (Å²) in [5.74, 6) is 0.847. The summed E-state index contributed by atoms with van der Waals surface area (Å²) in [6.45, 7) is 8.95. The molecule has 1 N–H and O–H groups in total. The van der Waals surface area contributed by atoms with Gasteiger partial charge in [-0.15, -0.1) is 0 Å². The molecule has 0 aromatic carbocycles. The zero-order chi connectivity index (χ0) is 12.5. The second kappa shape index (κ2) is 8.93. The van der Waals surface area contributed by atoms with Crippen LogP contribution in [0.15, 0.2) is 0 Å². The highest BCUT2D eigenvalue weighted by atomic mass is 16.5. The Kier molecular flexibility index (Phi) is 7.87. The molecule has 2 atom stereocenters. The Hall–Kier alpha value is -0.0800. The average molecular weight is 241 g/mol. The van der Waals surface area contributed by atoms with E-state index in [2.05, 4.69) is 26.1 Å². The molecule has 1 aliphatic rings. The van der Waals surface area contributed by atoms with Gasteiger partial charge in [-0.05, 0) is 44.6 Å². The van der Waals surface area contributed by atoms with Gasteiger partial charge in [0.05, 0.1) is 6.10 Å².